The lowest BCUT2D eigenvalue weighted by atomic mass is 10.2. The van der Waals surface area contributed by atoms with Crippen molar-refractivity contribution in [1.29, 1.82) is 0 Å². The van der Waals surface area contributed by atoms with Crippen LogP contribution in [-0.4, -0.2) is 18.8 Å². The normalized spacial score (nSPS) is 12.1. The molecule has 0 radical (unpaired) electrons. The summed E-state index contributed by atoms with van der Waals surface area (Å²) in [5.74, 6) is -0.362. The van der Waals surface area contributed by atoms with Gasteiger partial charge in [-0.1, -0.05) is 23.2 Å². The van der Waals surface area contributed by atoms with Crippen molar-refractivity contribution in [2.45, 2.75) is 24.9 Å². The summed E-state index contributed by atoms with van der Waals surface area (Å²) >= 11 is 11.4. The van der Waals surface area contributed by atoms with Crippen LogP contribution in [-0.2, 0) is 15.6 Å². The van der Waals surface area contributed by atoms with Crippen LogP contribution in [0.25, 0.3) is 0 Å². The molecule has 1 N–H and O–H groups in total. The maximum atomic E-state index is 11.7. The monoisotopic (exact) mass is 282 g/mol. The summed E-state index contributed by atoms with van der Waals surface area (Å²) in [6.07, 6.45) is 0. The van der Waals surface area contributed by atoms with Crippen LogP contribution in [0.15, 0.2) is 12.1 Å². The third kappa shape index (κ3) is 3.03. The van der Waals surface area contributed by atoms with E-state index in [0.29, 0.717) is 5.56 Å². The predicted octanol–water partition coefficient (Wildman–Crippen LogP) is 3.02. The predicted molar refractivity (Wildman–Crippen MR) is 65.9 cm³/mol. The van der Waals surface area contributed by atoms with Crippen molar-refractivity contribution in [2.24, 2.45) is 0 Å². The SMILES string of the molecule is CC(C)S(=O)(=O)Cc1cc(Cl)c(O)c(Cl)c1. The molecule has 0 fully saturated rings. The van der Waals surface area contributed by atoms with E-state index in [2.05, 4.69) is 0 Å². The average Bonchev–Trinajstić information content (AvgIpc) is 2.13. The lowest BCUT2D eigenvalue weighted by molar-refractivity contribution is 0.475. The second-order valence-electron chi connectivity index (χ2n) is 3.76. The molecular weight excluding hydrogens is 271 g/mol. The zero-order chi connectivity index (χ0) is 12.5. The van der Waals surface area contributed by atoms with Gasteiger partial charge >= 0.3 is 0 Å². The van der Waals surface area contributed by atoms with E-state index >= 15 is 0 Å². The van der Waals surface area contributed by atoms with Crippen molar-refractivity contribution in [3.05, 3.63) is 27.7 Å². The number of phenolic OH excluding ortho intramolecular Hbond substituents is 1. The molecule has 0 aliphatic rings. The van der Waals surface area contributed by atoms with E-state index in [1.165, 1.54) is 12.1 Å². The van der Waals surface area contributed by atoms with Crippen LogP contribution in [0.1, 0.15) is 19.4 Å². The molecule has 1 aromatic rings. The minimum atomic E-state index is -3.20. The number of hydrogen-bond acceptors (Lipinski definition) is 3. The standard InChI is InChI=1S/C10H12Cl2O3S/c1-6(2)16(14,15)5-7-3-8(11)10(13)9(12)4-7/h3-4,6,13H,5H2,1-2H3. The minimum absolute atomic E-state index is 0.0569. The molecule has 90 valence electrons. The number of halogens is 2. The molecule has 0 heterocycles. The highest BCUT2D eigenvalue weighted by Crippen LogP contribution is 2.33. The summed E-state index contributed by atoms with van der Waals surface area (Å²) in [5, 5.41) is 8.98. The van der Waals surface area contributed by atoms with E-state index in [4.69, 9.17) is 23.2 Å². The number of aromatic hydroxyl groups is 1. The van der Waals surface area contributed by atoms with Gasteiger partial charge in [0.15, 0.2) is 15.6 Å². The van der Waals surface area contributed by atoms with Gasteiger partial charge in [0.2, 0.25) is 0 Å². The Kier molecular flexibility index (Phi) is 4.10. The lowest BCUT2D eigenvalue weighted by Crippen LogP contribution is -2.16. The summed E-state index contributed by atoms with van der Waals surface area (Å²) in [6, 6.07) is 2.81. The lowest BCUT2D eigenvalue weighted by Gasteiger charge is -2.09. The first-order chi connectivity index (χ1) is 7.24. The van der Waals surface area contributed by atoms with Gasteiger partial charge < -0.3 is 5.11 Å². The molecule has 0 saturated carbocycles. The van der Waals surface area contributed by atoms with Gasteiger partial charge in [-0.25, -0.2) is 8.42 Å². The van der Waals surface area contributed by atoms with Crippen LogP contribution >= 0.6 is 23.2 Å². The Hall–Kier alpha value is -0.450. The number of sulfone groups is 1. The van der Waals surface area contributed by atoms with Crippen LogP contribution in [0.2, 0.25) is 10.0 Å². The van der Waals surface area contributed by atoms with Crippen LogP contribution in [0.3, 0.4) is 0 Å². The number of phenols is 1. The molecule has 1 rings (SSSR count). The second kappa shape index (κ2) is 4.82. The topological polar surface area (TPSA) is 54.4 Å². The Labute approximate surface area is 105 Å². The number of benzene rings is 1. The van der Waals surface area contributed by atoms with E-state index < -0.39 is 15.1 Å². The Morgan fingerprint density at radius 1 is 1.25 bits per heavy atom. The highest BCUT2D eigenvalue weighted by atomic mass is 35.5. The number of rotatable bonds is 3. The van der Waals surface area contributed by atoms with Crippen LogP contribution in [0.5, 0.6) is 5.75 Å². The van der Waals surface area contributed by atoms with E-state index in [0.717, 1.165) is 0 Å². The van der Waals surface area contributed by atoms with Crippen LogP contribution < -0.4 is 0 Å². The highest BCUT2D eigenvalue weighted by Gasteiger charge is 2.18. The fourth-order valence-electron chi connectivity index (χ4n) is 1.10. The van der Waals surface area contributed by atoms with Crippen molar-refractivity contribution in [2.75, 3.05) is 0 Å². The zero-order valence-corrected chi connectivity index (χ0v) is 11.2. The Bertz CT molecular complexity index is 472. The highest BCUT2D eigenvalue weighted by molar-refractivity contribution is 7.91. The molecule has 1 aromatic carbocycles. The summed E-state index contributed by atoms with van der Waals surface area (Å²) in [4.78, 5) is 0. The largest absolute Gasteiger partial charge is 0.505 e. The molecular formula is C10H12Cl2O3S. The van der Waals surface area contributed by atoms with Gasteiger partial charge in [0.05, 0.1) is 21.0 Å². The van der Waals surface area contributed by atoms with Crippen molar-refractivity contribution in [1.82, 2.24) is 0 Å². The quantitative estimate of drug-likeness (QED) is 0.927. The Morgan fingerprint density at radius 3 is 2.06 bits per heavy atom. The van der Waals surface area contributed by atoms with Gasteiger partial charge in [0, 0.05) is 0 Å². The molecule has 0 aliphatic carbocycles. The molecule has 0 saturated heterocycles. The minimum Gasteiger partial charge on any atom is -0.505 e. The first-order valence-corrected chi connectivity index (χ1v) is 7.09. The van der Waals surface area contributed by atoms with E-state index in [-0.39, 0.29) is 21.5 Å². The third-order valence-electron chi connectivity index (χ3n) is 2.16. The summed E-state index contributed by atoms with van der Waals surface area (Å²) in [6.45, 7) is 3.22. The van der Waals surface area contributed by atoms with Crippen LogP contribution in [0.4, 0.5) is 0 Å². The third-order valence-corrected chi connectivity index (χ3v) is 4.91. The van der Waals surface area contributed by atoms with E-state index in [1.807, 2.05) is 0 Å². The molecule has 0 spiro atoms. The fraction of sp³-hybridized carbons (Fsp3) is 0.400. The number of hydrogen-bond donors (Lipinski definition) is 1. The molecule has 16 heavy (non-hydrogen) atoms. The molecule has 0 bridgehead atoms. The molecule has 0 unspecified atom stereocenters. The van der Waals surface area contributed by atoms with Crippen molar-refractivity contribution < 1.29 is 13.5 Å². The Morgan fingerprint density at radius 2 is 1.69 bits per heavy atom. The average molecular weight is 283 g/mol. The molecule has 0 aromatic heterocycles. The van der Waals surface area contributed by atoms with E-state index in [1.54, 1.807) is 13.8 Å². The molecule has 0 amide bonds. The molecule has 3 nitrogen and oxygen atoms in total. The van der Waals surface area contributed by atoms with Crippen LogP contribution in [0, 0.1) is 0 Å². The smallest absolute Gasteiger partial charge is 0.156 e. The first kappa shape index (κ1) is 13.6. The summed E-state index contributed by atoms with van der Waals surface area (Å²) < 4.78 is 23.3. The van der Waals surface area contributed by atoms with Crippen molar-refractivity contribution in [3.8, 4) is 5.75 Å². The zero-order valence-electron chi connectivity index (χ0n) is 8.87. The second-order valence-corrected chi connectivity index (χ2v) is 7.14. The van der Waals surface area contributed by atoms with Crippen molar-refractivity contribution in [3.63, 3.8) is 0 Å². The van der Waals surface area contributed by atoms with Gasteiger partial charge in [-0.15, -0.1) is 0 Å². The van der Waals surface area contributed by atoms with Gasteiger partial charge in [-0.05, 0) is 31.5 Å². The molecule has 0 atom stereocenters. The first-order valence-electron chi connectivity index (χ1n) is 4.62. The Balaban J connectivity index is 3.09. The fourth-order valence-corrected chi connectivity index (χ4v) is 2.60. The molecule has 0 aliphatic heterocycles. The maximum absolute atomic E-state index is 11.7. The van der Waals surface area contributed by atoms with E-state index in [9.17, 15) is 13.5 Å². The molecule has 6 heteroatoms. The van der Waals surface area contributed by atoms with Crippen molar-refractivity contribution >= 4 is 33.0 Å². The van der Waals surface area contributed by atoms with Gasteiger partial charge in [0.25, 0.3) is 0 Å². The maximum Gasteiger partial charge on any atom is 0.156 e. The van der Waals surface area contributed by atoms with Gasteiger partial charge in [-0.3, -0.25) is 0 Å². The summed E-state index contributed by atoms with van der Waals surface area (Å²) in [7, 11) is -3.20. The van der Waals surface area contributed by atoms with Gasteiger partial charge in [-0.2, -0.15) is 0 Å². The van der Waals surface area contributed by atoms with Gasteiger partial charge in [0.1, 0.15) is 0 Å². The summed E-state index contributed by atoms with van der Waals surface area (Å²) in [5.41, 5.74) is 0.474.